The SMILES string of the molecule is Nc1ccc2c(c1)S(=O)(=O)c1ccccc1O2. The molecule has 0 saturated heterocycles. The highest BCUT2D eigenvalue weighted by Gasteiger charge is 2.30. The first kappa shape index (κ1) is 10.2. The molecule has 1 heterocycles. The maximum atomic E-state index is 12.3. The van der Waals surface area contributed by atoms with Gasteiger partial charge in [0.15, 0.2) is 0 Å². The van der Waals surface area contributed by atoms with Crippen molar-refractivity contribution in [2.24, 2.45) is 0 Å². The summed E-state index contributed by atoms with van der Waals surface area (Å²) < 4.78 is 30.2. The number of anilines is 1. The largest absolute Gasteiger partial charge is 0.455 e. The van der Waals surface area contributed by atoms with Crippen molar-refractivity contribution in [3.8, 4) is 11.5 Å². The Morgan fingerprint density at radius 3 is 2.47 bits per heavy atom. The van der Waals surface area contributed by atoms with Gasteiger partial charge in [-0.15, -0.1) is 0 Å². The number of fused-ring (bicyclic) bond motifs is 2. The summed E-state index contributed by atoms with van der Waals surface area (Å²) in [7, 11) is -3.53. The maximum Gasteiger partial charge on any atom is 0.214 e. The molecule has 2 aromatic rings. The number of benzene rings is 2. The molecule has 0 spiro atoms. The summed E-state index contributed by atoms with van der Waals surface area (Å²) in [5.74, 6) is 0.669. The number of sulfone groups is 1. The second-order valence-electron chi connectivity index (χ2n) is 3.76. The summed E-state index contributed by atoms with van der Waals surface area (Å²) >= 11 is 0. The van der Waals surface area contributed by atoms with Gasteiger partial charge in [0.1, 0.15) is 21.3 Å². The molecule has 86 valence electrons. The lowest BCUT2D eigenvalue weighted by Gasteiger charge is -2.20. The number of nitrogen functional groups attached to an aromatic ring is 1. The summed E-state index contributed by atoms with van der Waals surface area (Å²) in [6.45, 7) is 0. The average Bonchev–Trinajstić information content (AvgIpc) is 2.31. The molecule has 2 aromatic carbocycles. The third-order valence-corrected chi connectivity index (χ3v) is 4.43. The number of ether oxygens (including phenoxy) is 1. The summed E-state index contributed by atoms with van der Waals surface area (Å²) in [5.41, 5.74) is 6.00. The van der Waals surface area contributed by atoms with E-state index in [4.69, 9.17) is 10.5 Å². The van der Waals surface area contributed by atoms with Crippen molar-refractivity contribution < 1.29 is 13.2 Å². The van der Waals surface area contributed by atoms with Crippen LogP contribution in [-0.4, -0.2) is 8.42 Å². The smallest absolute Gasteiger partial charge is 0.214 e. The standard InChI is InChI=1S/C12H9NO3S/c13-8-5-6-10-12(7-8)17(14,15)11-4-2-1-3-9(11)16-10/h1-7H,13H2. The Labute approximate surface area is 98.6 Å². The van der Waals surface area contributed by atoms with E-state index in [1.54, 1.807) is 30.3 Å². The van der Waals surface area contributed by atoms with Gasteiger partial charge in [0, 0.05) is 5.69 Å². The minimum Gasteiger partial charge on any atom is -0.455 e. The van der Waals surface area contributed by atoms with Gasteiger partial charge in [-0.3, -0.25) is 0 Å². The number of hydrogen-bond donors (Lipinski definition) is 1. The van der Waals surface area contributed by atoms with E-state index in [2.05, 4.69) is 0 Å². The van der Waals surface area contributed by atoms with Gasteiger partial charge in [-0.1, -0.05) is 12.1 Å². The van der Waals surface area contributed by atoms with Crippen LogP contribution in [0, 0.1) is 0 Å². The molecular weight excluding hydrogens is 238 g/mol. The van der Waals surface area contributed by atoms with E-state index < -0.39 is 9.84 Å². The highest BCUT2D eigenvalue weighted by atomic mass is 32.2. The molecule has 0 saturated carbocycles. The van der Waals surface area contributed by atoms with Crippen LogP contribution in [0.4, 0.5) is 5.69 Å². The quantitative estimate of drug-likeness (QED) is 0.618. The fourth-order valence-electron chi connectivity index (χ4n) is 1.81. The maximum absolute atomic E-state index is 12.3. The number of para-hydroxylation sites is 1. The van der Waals surface area contributed by atoms with Crippen LogP contribution in [0.3, 0.4) is 0 Å². The second-order valence-corrected chi connectivity index (χ2v) is 5.64. The van der Waals surface area contributed by atoms with Gasteiger partial charge < -0.3 is 10.5 Å². The third-order valence-electron chi connectivity index (χ3n) is 2.62. The molecular formula is C12H9NO3S. The van der Waals surface area contributed by atoms with Gasteiger partial charge in [0.2, 0.25) is 9.84 Å². The topological polar surface area (TPSA) is 69.4 Å². The summed E-state index contributed by atoms with van der Waals surface area (Å²) in [4.78, 5) is 0.300. The Balaban J connectivity index is 2.36. The average molecular weight is 247 g/mol. The fourth-order valence-corrected chi connectivity index (χ4v) is 3.35. The molecule has 1 aliphatic heterocycles. The van der Waals surface area contributed by atoms with Gasteiger partial charge in [-0.25, -0.2) is 8.42 Å². The first-order valence-corrected chi connectivity index (χ1v) is 6.49. The van der Waals surface area contributed by atoms with Gasteiger partial charge in [-0.05, 0) is 30.3 Å². The molecule has 0 radical (unpaired) electrons. The zero-order valence-electron chi connectivity index (χ0n) is 8.75. The van der Waals surface area contributed by atoms with Crippen molar-refractivity contribution in [1.29, 1.82) is 0 Å². The van der Waals surface area contributed by atoms with Crippen LogP contribution in [0.15, 0.2) is 52.3 Å². The second kappa shape index (κ2) is 3.24. The van der Waals surface area contributed by atoms with Crippen LogP contribution in [0.1, 0.15) is 0 Å². The molecule has 4 nitrogen and oxygen atoms in total. The van der Waals surface area contributed by atoms with E-state index in [0.717, 1.165) is 0 Å². The summed E-state index contributed by atoms with van der Waals surface area (Å²) in [6, 6.07) is 11.2. The highest BCUT2D eigenvalue weighted by molar-refractivity contribution is 7.91. The predicted molar refractivity (Wildman–Crippen MR) is 62.8 cm³/mol. The molecule has 5 heteroatoms. The third kappa shape index (κ3) is 1.39. The Hall–Kier alpha value is -2.01. The van der Waals surface area contributed by atoms with Crippen molar-refractivity contribution in [3.05, 3.63) is 42.5 Å². The normalized spacial score (nSPS) is 15.5. The molecule has 0 aromatic heterocycles. The molecule has 17 heavy (non-hydrogen) atoms. The van der Waals surface area contributed by atoms with Crippen LogP contribution >= 0.6 is 0 Å². The van der Waals surface area contributed by atoms with Crippen molar-refractivity contribution >= 4 is 15.5 Å². The number of rotatable bonds is 0. The Morgan fingerprint density at radius 2 is 1.65 bits per heavy atom. The molecule has 0 fully saturated rings. The van der Waals surface area contributed by atoms with Gasteiger partial charge in [0.25, 0.3) is 0 Å². The van der Waals surface area contributed by atoms with E-state index in [1.165, 1.54) is 12.1 Å². The van der Waals surface area contributed by atoms with Crippen LogP contribution in [-0.2, 0) is 9.84 Å². The predicted octanol–water partition coefficient (Wildman–Crippen LogP) is 2.21. The molecule has 0 aliphatic carbocycles. The van der Waals surface area contributed by atoms with Gasteiger partial charge >= 0.3 is 0 Å². The molecule has 0 amide bonds. The van der Waals surface area contributed by atoms with Crippen LogP contribution in [0.25, 0.3) is 0 Å². The zero-order chi connectivity index (χ0) is 12.0. The molecule has 0 bridgehead atoms. The van der Waals surface area contributed by atoms with Crippen LogP contribution < -0.4 is 10.5 Å². The van der Waals surface area contributed by atoms with Crippen LogP contribution in [0.5, 0.6) is 11.5 Å². The molecule has 0 atom stereocenters. The lowest BCUT2D eigenvalue weighted by molar-refractivity contribution is 0.443. The minimum atomic E-state index is -3.53. The summed E-state index contributed by atoms with van der Waals surface area (Å²) in [6.07, 6.45) is 0. The van der Waals surface area contributed by atoms with Gasteiger partial charge in [0.05, 0.1) is 0 Å². The van der Waals surface area contributed by atoms with Crippen molar-refractivity contribution in [1.82, 2.24) is 0 Å². The van der Waals surface area contributed by atoms with Crippen molar-refractivity contribution in [3.63, 3.8) is 0 Å². The number of hydrogen-bond acceptors (Lipinski definition) is 4. The van der Waals surface area contributed by atoms with E-state index in [9.17, 15) is 8.42 Å². The fraction of sp³-hybridized carbons (Fsp3) is 0. The van der Waals surface area contributed by atoms with E-state index in [0.29, 0.717) is 17.2 Å². The first-order chi connectivity index (χ1) is 8.09. The van der Waals surface area contributed by atoms with E-state index in [-0.39, 0.29) is 9.79 Å². The van der Waals surface area contributed by atoms with Crippen molar-refractivity contribution in [2.75, 3.05) is 5.73 Å². The Bertz CT molecular complexity index is 707. The Morgan fingerprint density at radius 1 is 0.941 bits per heavy atom. The van der Waals surface area contributed by atoms with E-state index >= 15 is 0 Å². The Kier molecular flexibility index (Phi) is 1.94. The summed E-state index contributed by atoms with van der Waals surface area (Å²) in [5, 5.41) is 0. The minimum absolute atomic E-state index is 0.121. The van der Waals surface area contributed by atoms with Crippen molar-refractivity contribution in [2.45, 2.75) is 9.79 Å². The number of nitrogens with two attached hydrogens (primary N) is 1. The zero-order valence-corrected chi connectivity index (χ0v) is 9.57. The van der Waals surface area contributed by atoms with Gasteiger partial charge in [-0.2, -0.15) is 0 Å². The molecule has 2 N–H and O–H groups in total. The molecule has 1 aliphatic rings. The molecule has 0 unspecified atom stereocenters. The van der Waals surface area contributed by atoms with E-state index in [1.807, 2.05) is 0 Å². The monoisotopic (exact) mass is 247 g/mol. The van der Waals surface area contributed by atoms with Crippen LogP contribution in [0.2, 0.25) is 0 Å². The lowest BCUT2D eigenvalue weighted by atomic mass is 10.3. The lowest BCUT2D eigenvalue weighted by Crippen LogP contribution is -2.11. The highest BCUT2D eigenvalue weighted by Crippen LogP contribution is 2.42. The molecule has 3 rings (SSSR count). The first-order valence-electron chi connectivity index (χ1n) is 5.00.